The van der Waals surface area contributed by atoms with Gasteiger partial charge in [-0.05, 0) is 19.8 Å². The van der Waals surface area contributed by atoms with Crippen molar-refractivity contribution in [2.75, 3.05) is 5.32 Å². The second-order valence-corrected chi connectivity index (χ2v) is 5.29. The molecule has 0 atom stereocenters. The zero-order valence-electron chi connectivity index (χ0n) is 11.6. The van der Waals surface area contributed by atoms with Crippen LogP contribution in [0.1, 0.15) is 59.2 Å². The van der Waals surface area contributed by atoms with E-state index < -0.39 is 0 Å². The number of hydrogen-bond donors (Lipinski definition) is 1. The van der Waals surface area contributed by atoms with E-state index in [1.165, 1.54) is 0 Å². The first-order valence-electron chi connectivity index (χ1n) is 6.23. The maximum atomic E-state index is 11.7. The number of hydrogen-bond acceptors (Lipinski definition) is 2. The number of nitrogens with zero attached hydrogens (tertiary/aromatic N) is 2. The lowest BCUT2D eigenvalue weighted by molar-refractivity contribution is -0.118. The molecule has 0 aliphatic carbocycles. The van der Waals surface area contributed by atoms with Gasteiger partial charge in [-0.2, -0.15) is 5.10 Å². The number of anilines is 1. The molecule has 0 fully saturated rings. The highest BCUT2D eigenvalue weighted by atomic mass is 16.1. The van der Waals surface area contributed by atoms with Gasteiger partial charge in [0.15, 0.2) is 0 Å². The fraction of sp³-hybridized carbons (Fsp3) is 0.692. The number of carbonyl (C=O) groups excluding carboxylic acids is 1. The summed E-state index contributed by atoms with van der Waals surface area (Å²) in [6, 6.07) is 2.20. The zero-order chi connectivity index (χ0) is 13.2. The number of amides is 1. The van der Waals surface area contributed by atoms with Crippen molar-refractivity contribution >= 4 is 11.7 Å². The lowest BCUT2D eigenvalue weighted by atomic mass is 10.1. The molecule has 0 saturated carbocycles. The predicted octanol–water partition coefficient (Wildman–Crippen LogP) is 3.18. The van der Waals surface area contributed by atoms with Gasteiger partial charge in [-0.15, -0.1) is 0 Å². The normalized spacial score (nSPS) is 11.6. The lowest BCUT2D eigenvalue weighted by Crippen LogP contribution is -2.20. The molecule has 4 heteroatoms. The van der Waals surface area contributed by atoms with Crippen LogP contribution in [-0.4, -0.2) is 15.7 Å². The molecule has 1 aromatic heterocycles. The number of carbonyl (C=O) groups is 1. The Balaban J connectivity index is 3.00. The van der Waals surface area contributed by atoms with Crippen molar-refractivity contribution in [2.45, 2.75) is 53.5 Å². The molecule has 0 spiro atoms. The Hall–Kier alpha value is -1.32. The van der Waals surface area contributed by atoms with E-state index in [1.54, 1.807) is 0 Å². The highest BCUT2D eigenvalue weighted by Gasteiger charge is 2.16. The summed E-state index contributed by atoms with van der Waals surface area (Å²) in [7, 11) is 0. The Morgan fingerprint density at radius 3 is 2.24 bits per heavy atom. The summed E-state index contributed by atoms with van der Waals surface area (Å²) >= 11 is 0. The molecule has 1 heterocycles. The largest absolute Gasteiger partial charge is 0.311 e. The van der Waals surface area contributed by atoms with Crippen molar-refractivity contribution in [1.29, 1.82) is 0 Å². The SMILES string of the molecule is CC(C)C(=O)Nc1cc(C(C)C)nn1C(C)C. The minimum absolute atomic E-state index is 0.0204. The molecule has 0 unspecified atom stereocenters. The summed E-state index contributed by atoms with van der Waals surface area (Å²) in [5.41, 5.74) is 1.01. The molecule has 0 aliphatic rings. The quantitative estimate of drug-likeness (QED) is 0.874. The van der Waals surface area contributed by atoms with Crippen LogP contribution in [-0.2, 0) is 4.79 Å². The molecule has 96 valence electrons. The van der Waals surface area contributed by atoms with Crippen LogP contribution >= 0.6 is 0 Å². The molecular formula is C13H23N3O. The van der Waals surface area contributed by atoms with Crippen LogP contribution in [0.2, 0.25) is 0 Å². The minimum atomic E-state index is -0.0204. The highest BCUT2D eigenvalue weighted by Crippen LogP contribution is 2.21. The first-order valence-corrected chi connectivity index (χ1v) is 6.23. The first kappa shape index (κ1) is 13.7. The summed E-state index contributed by atoms with van der Waals surface area (Å²) in [6.45, 7) is 12.1. The van der Waals surface area contributed by atoms with Gasteiger partial charge >= 0.3 is 0 Å². The Labute approximate surface area is 103 Å². The van der Waals surface area contributed by atoms with Crippen molar-refractivity contribution in [1.82, 2.24) is 9.78 Å². The van der Waals surface area contributed by atoms with Crippen LogP contribution in [0.15, 0.2) is 6.07 Å². The van der Waals surface area contributed by atoms with Crippen LogP contribution in [0.25, 0.3) is 0 Å². The number of nitrogens with one attached hydrogen (secondary N) is 1. The molecule has 17 heavy (non-hydrogen) atoms. The molecule has 1 aromatic rings. The van der Waals surface area contributed by atoms with Crippen LogP contribution in [0, 0.1) is 5.92 Å². The van der Waals surface area contributed by atoms with Gasteiger partial charge in [0.05, 0.1) is 5.69 Å². The van der Waals surface area contributed by atoms with E-state index in [9.17, 15) is 4.79 Å². The molecule has 0 bridgehead atoms. The minimum Gasteiger partial charge on any atom is -0.311 e. The van der Waals surface area contributed by atoms with E-state index in [2.05, 4.69) is 38.1 Å². The lowest BCUT2D eigenvalue weighted by Gasteiger charge is -2.12. The molecule has 0 saturated heterocycles. The Morgan fingerprint density at radius 2 is 1.82 bits per heavy atom. The van der Waals surface area contributed by atoms with Crippen LogP contribution in [0.3, 0.4) is 0 Å². The third-order valence-electron chi connectivity index (χ3n) is 2.61. The van der Waals surface area contributed by atoms with Crippen molar-refractivity contribution in [3.63, 3.8) is 0 Å². The average molecular weight is 237 g/mol. The van der Waals surface area contributed by atoms with Crippen molar-refractivity contribution < 1.29 is 4.79 Å². The molecule has 0 aromatic carbocycles. The van der Waals surface area contributed by atoms with E-state index in [1.807, 2.05) is 24.6 Å². The smallest absolute Gasteiger partial charge is 0.228 e. The molecule has 0 aliphatic heterocycles. The Morgan fingerprint density at radius 1 is 1.24 bits per heavy atom. The van der Waals surface area contributed by atoms with E-state index in [4.69, 9.17) is 0 Å². The average Bonchev–Trinajstić information content (AvgIpc) is 2.61. The van der Waals surface area contributed by atoms with Gasteiger partial charge in [-0.1, -0.05) is 27.7 Å². The monoisotopic (exact) mass is 237 g/mol. The zero-order valence-corrected chi connectivity index (χ0v) is 11.6. The van der Waals surface area contributed by atoms with Gasteiger partial charge in [0, 0.05) is 18.0 Å². The molecule has 4 nitrogen and oxygen atoms in total. The van der Waals surface area contributed by atoms with Gasteiger partial charge in [0.2, 0.25) is 5.91 Å². The molecule has 1 amide bonds. The Kier molecular flexibility index (Phi) is 4.32. The second-order valence-electron chi connectivity index (χ2n) is 5.29. The van der Waals surface area contributed by atoms with Gasteiger partial charge in [-0.3, -0.25) is 4.79 Å². The number of rotatable bonds is 4. The summed E-state index contributed by atoms with van der Waals surface area (Å²) in [5, 5.41) is 7.45. The standard InChI is InChI=1S/C13H23N3O/c1-8(2)11-7-12(14-13(17)9(3)4)16(15-11)10(5)6/h7-10H,1-6H3,(H,14,17). The maximum Gasteiger partial charge on any atom is 0.228 e. The number of aromatic nitrogens is 2. The fourth-order valence-electron chi connectivity index (χ4n) is 1.45. The topological polar surface area (TPSA) is 46.9 Å². The fourth-order valence-corrected chi connectivity index (χ4v) is 1.45. The van der Waals surface area contributed by atoms with Crippen LogP contribution in [0.4, 0.5) is 5.82 Å². The Bertz CT molecular complexity index is 391. The maximum absolute atomic E-state index is 11.7. The van der Waals surface area contributed by atoms with E-state index in [0.717, 1.165) is 11.5 Å². The third-order valence-corrected chi connectivity index (χ3v) is 2.61. The predicted molar refractivity (Wildman–Crippen MR) is 70.2 cm³/mol. The van der Waals surface area contributed by atoms with Gasteiger partial charge in [0.25, 0.3) is 0 Å². The summed E-state index contributed by atoms with van der Waals surface area (Å²) in [6.07, 6.45) is 0. The van der Waals surface area contributed by atoms with Crippen molar-refractivity contribution in [2.24, 2.45) is 5.92 Å². The second kappa shape index (κ2) is 5.34. The van der Waals surface area contributed by atoms with E-state index >= 15 is 0 Å². The molecule has 1 rings (SSSR count). The third kappa shape index (κ3) is 3.32. The van der Waals surface area contributed by atoms with Gasteiger partial charge in [0.1, 0.15) is 5.82 Å². The van der Waals surface area contributed by atoms with E-state index in [0.29, 0.717) is 5.92 Å². The molecule has 0 radical (unpaired) electrons. The summed E-state index contributed by atoms with van der Waals surface area (Å²) in [4.78, 5) is 11.7. The van der Waals surface area contributed by atoms with Crippen molar-refractivity contribution in [3.05, 3.63) is 11.8 Å². The summed E-state index contributed by atoms with van der Waals surface area (Å²) in [5.74, 6) is 1.17. The molecule has 1 N–H and O–H groups in total. The molecular weight excluding hydrogens is 214 g/mol. The van der Waals surface area contributed by atoms with Gasteiger partial charge < -0.3 is 5.32 Å². The van der Waals surface area contributed by atoms with E-state index in [-0.39, 0.29) is 17.9 Å². The highest BCUT2D eigenvalue weighted by molar-refractivity contribution is 5.91. The van der Waals surface area contributed by atoms with Crippen LogP contribution in [0.5, 0.6) is 0 Å². The van der Waals surface area contributed by atoms with Crippen molar-refractivity contribution in [3.8, 4) is 0 Å². The van der Waals surface area contributed by atoms with Crippen LogP contribution < -0.4 is 5.32 Å². The summed E-state index contributed by atoms with van der Waals surface area (Å²) < 4.78 is 1.87. The van der Waals surface area contributed by atoms with Gasteiger partial charge in [-0.25, -0.2) is 4.68 Å². The first-order chi connectivity index (χ1) is 7.82.